The Kier molecular flexibility index (Phi) is 4.40. The lowest BCUT2D eigenvalue weighted by molar-refractivity contribution is 0.176. The van der Waals surface area contributed by atoms with Crippen molar-refractivity contribution in [1.82, 2.24) is 4.90 Å². The molecular weight excluding hydrogens is 243 g/mol. The molecule has 0 radical (unpaired) electrons. The van der Waals surface area contributed by atoms with E-state index in [-0.39, 0.29) is 11.8 Å². The molecule has 0 saturated carbocycles. The number of amides is 2. The Bertz CT molecular complexity index is 461. The van der Waals surface area contributed by atoms with Crippen LogP contribution in [0, 0.1) is 18.7 Å². The van der Waals surface area contributed by atoms with E-state index in [9.17, 15) is 9.18 Å². The Morgan fingerprint density at radius 3 is 3.00 bits per heavy atom. The Balaban J connectivity index is 1.98. The minimum atomic E-state index is -0.289. The van der Waals surface area contributed by atoms with Crippen LogP contribution in [0.2, 0.25) is 0 Å². The number of rotatable bonds is 2. The van der Waals surface area contributed by atoms with Gasteiger partial charge in [0.2, 0.25) is 0 Å². The summed E-state index contributed by atoms with van der Waals surface area (Å²) in [4.78, 5) is 13.9. The molecule has 1 atom stereocenters. The number of aryl methyl sites for hydroxylation is 1. The third-order valence-corrected chi connectivity index (χ3v) is 3.81. The molecule has 1 aromatic rings. The number of anilines is 1. The fourth-order valence-electron chi connectivity index (χ4n) is 2.46. The van der Waals surface area contributed by atoms with Crippen LogP contribution in [0.5, 0.6) is 0 Å². The van der Waals surface area contributed by atoms with E-state index in [1.54, 1.807) is 19.1 Å². The molecule has 2 amide bonds. The predicted octanol–water partition coefficient (Wildman–Crippen LogP) is 3.79. The van der Waals surface area contributed by atoms with Crippen molar-refractivity contribution in [1.29, 1.82) is 0 Å². The highest BCUT2D eigenvalue weighted by Gasteiger charge is 2.22. The third-order valence-electron chi connectivity index (χ3n) is 3.81. The molecule has 1 heterocycles. The molecule has 2 rings (SSSR count). The molecule has 19 heavy (non-hydrogen) atoms. The molecule has 1 N–H and O–H groups in total. The first-order valence-electron chi connectivity index (χ1n) is 6.92. The second-order valence-corrected chi connectivity index (χ2v) is 5.26. The Morgan fingerprint density at radius 2 is 2.32 bits per heavy atom. The summed E-state index contributed by atoms with van der Waals surface area (Å²) in [5, 5.41) is 2.77. The molecule has 1 aromatic carbocycles. The van der Waals surface area contributed by atoms with Gasteiger partial charge < -0.3 is 10.2 Å². The van der Waals surface area contributed by atoms with Crippen LogP contribution < -0.4 is 5.32 Å². The molecule has 1 aliphatic heterocycles. The summed E-state index contributed by atoms with van der Waals surface area (Å²) in [7, 11) is 0. The normalized spacial score (nSPS) is 19.3. The van der Waals surface area contributed by atoms with Crippen LogP contribution in [0.1, 0.15) is 31.7 Å². The van der Waals surface area contributed by atoms with Crippen molar-refractivity contribution in [2.75, 3.05) is 18.4 Å². The van der Waals surface area contributed by atoms with Crippen molar-refractivity contribution < 1.29 is 9.18 Å². The molecule has 1 fully saturated rings. The minimum Gasteiger partial charge on any atom is -0.324 e. The van der Waals surface area contributed by atoms with Gasteiger partial charge >= 0.3 is 6.03 Å². The number of urea groups is 1. The van der Waals surface area contributed by atoms with E-state index >= 15 is 0 Å². The number of nitrogens with zero attached hydrogens (tertiary/aromatic N) is 1. The zero-order valence-electron chi connectivity index (χ0n) is 11.6. The Morgan fingerprint density at radius 1 is 1.53 bits per heavy atom. The number of halogens is 1. The first-order chi connectivity index (χ1) is 9.10. The first-order valence-corrected chi connectivity index (χ1v) is 6.92. The van der Waals surface area contributed by atoms with E-state index in [0.717, 1.165) is 25.9 Å². The summed E-state index contributed by atoms with van der Waals surface area (Å²) >= 11 is 0. The van der Waals surface area contributed by atoms with Crippen molar-refractivity contribution in [3.63, 3.8) is 0 Å². The summed E-state index contributed by atoms with van der Waals surface area (Å²) in [6.07, 6.45) is 3.34. The van der Waals surface area contributed by atoms with Gasteiger partial charge in [-0.15, -0.1) is 0 Å². The number of likely N-dealkylation sites (tertiary alicyclic amines) is 1. The minimum absolute atomic E-state index is 0.124. The van der Waals surface area contributed by atoms with Crippen LogP contribution in [-0.4, -0.2) is 24.0 Å². The number of benzene rings is 1. The summed E-state index contributed by atoms with van der Waals surface area (Å²) < 4.78 is 13.4. The van der Waals surface area contributed by atoms with E-state index in [0.29, 0.717) is 17.2 Å². The van der Waals surface area contributed by atoms with E-state index in [1.165, 1.54) is 12.5 Å². The fourth-order valence-corrected chi connectivity index (χ4v) is 2.46. The van der Waals surface area contributed by atoms with Crippen molar-refractivity contribution in [3.8, 4) is 0 Å². The van der Waals surface area contributed by atoms with Gasteiger partial charge in [-0.2, -0.15) is 0 Å². The lowest BCUT2D eigenvalue weighted by atomic mass is 9.96. The van der Waals surface area contributed by atoms with Crippen LogP contribution in [0.25, 0.3) is 0 Å². The van der Waals surface area contributed by atoms with E-state index < -0.39 is 0 Å². The standard InChI is InChI=1S/C15H21FN2O/c1-3-12-5-4-8-18(10-12)15(19)17-13-7-6-11(2)14(16)9-13/h6-7,9,12H,3-5,8,10H2,1-2H3,(H,17,19). The second-order valence-electron chi connectivity index (χ2n) is 5.26. The summed E-state index contributed by atoms with van der Waals surface area (Å²) in [5.41, 5.74) is 1.11. The van der Waals surface area contributed by atoms with Gasteiger partial charge in [0, 0.05) is 18.8 Å². The Hall–Kier alpha value is -1.58. The number of piperidine rings is 1. The lowest BCUT2D eigenvalue weighted by Gasteiger charge is -2.32. The molecule has 0 aromatic heterocycles. The predicted molar refractivity (Wildman–Crippen MR) is 74.7 cm³/mol. The van der Waals surface area contributed by atoms with E-state index in [2.05, 4.69) is 12.2 Å². The zero-order valence-corrected chi connectivity index (χ0v) is 11.6. The van der Waals surface area contributed by atoms with Crippen molar-refractivity contribution in [2.24, 2.45) is 5.92 Å². The number of nitrogens with one attached hydrogen (secondary N) is 1. The highest BCUT2D eigenvalue weighted by molar-refractivity contribution is 5.89. The number of carbonyl (C=O) groups excluding carboxylic acids is 1. The van der Waals surface area contributed by atoms with Crippen LogP contribution >= 0.6 is 0 Å². The van der Waals surface area contributed by atoms with Crippen LogP contribution in [0.3, 0.4) is 0 Å². The van der Waals surface area contributed by atoms with Crippen molar-refractivity contribution in [3.05, 3.63) is 29.6 Å². The van der Waals surface area contributed by atoms with Gasteiger partial charge in [-0.3, -0.25) is 0 Å². The topological polar surface area (TPSA) is 32.3 Å². The molecule has 3 nitrogen and oxygen atoms in total. The Labute approximate surface area is 113 Å². The molecule has 1 saturated heterocycles. The molecule has 1 aliphatic rings. The van der Waals surface area contributed by atoms with Gasteiger partial charge in [0.15, 0.2) is 0 Å². The zero-order chi connectivity index (χ0) is 13.8. The highest BCUT2D eigenvalue weighted by atomic mass is 19.1. The monoisotopic (exact) mass is 264 g/mol. The van der Waals surface area contributed by atoms with Crippen molar-refractivity contribution in [2.45, 2.75) is 33.1 Å². The molecule has 0 aliphatic carbocycles. The average Bonchev–Trinajstić information content (AvgIpc) is 2.43. The number of carbonyl (C=O) groups is 1. The number of hydrogen-bond acceptors (Lipinski definition) is 1. The smallest absolute Gasteiger partial charge is 0.321 e. The van der Waals surface area contributed by atoms with E-state index in [4.69, 9.17) is 0 Å². The van der Waals surface area contributed by atoms with Gasteiger partial charge in [0.25, 0.3) is 0 Å². The molecular formula is C15H21FN2O. The summed E-state index contributed by atoms with van der Waals surface area (Å²) in [6.45, 7) is 5.45. The third kappa shape index (κ3) is 3.46. The maximum absolute atomic E-state index is 13.4. The maximum atomic E-state index is 13.4. The molecule has 1 unspecified atom stereocenters. The fraction of sp³-hybridized carbons (Fsp3) is 0.533. The lowest BCUT2D eigenvalue weighted by Crippen LogP contribution is -2.42. The molecule has 104 valence electrons. The second kappa shape index (κ2) is 6.04. The summed E-state index contributed by atoms with van der Waals surface area (Å²) in [6, 6.07) is 4.66. The van der Waals surface area contributed by atoms with Crippen LogP contribution in [-0.2, 0) is 0 Å². The molecule has 4 heteroatoms. The average molecular weight is 264 g/mol. The van der Waals surface area contributed by atoms with Gasteiger partial charge in [-0.1, -0.05) is 19.4 Å². The largest absolute Gasteiger partial charge is 0.324 e. The molecule has 0 spiro atoms. The maximum Gasteiger partial charge on any atom is 0.321 e. The van der Waals surface area contributed by atoms with E-state index in [1.807, 2.05) is 4.90 Å². The highest BCUT2D eigenvalue weighted by Crippen LogP contribution is 2.20. The first kappa shape index (κ1) is 13.8. The van der Waals surface area contributed by atoms with Gasteiger partial charge in [-0.05, 0) is 43.4 Å². The quantitative estimate of drug-likeness (QED) is 0.866. The van der Waals surface area contributed by atoms with Gasteiger partial charge in [-0.25, -0.2) is 9.18 Å². The van der Waals surface area contributed by atoms with Gasteiger partial charge in [0.1, 0.15) is 5.82 Å². The number of hydrogen-bond donors (Lipinski definition) is 1. The van der Waals surface area contributed by atoms with Gasteiger partial charge in [0.05, 0.1) is 0 Å². The van der Waals surface area contributed by atoms with Crippen LogP contribution in [0.4, 0.5) is 14.9 Å². The van der Waals surface area contributed by atoms with Crippen molar-refractivity contribution >= 4 is 11.7 Å². The van der Waals surface area contributed by atoms with Crippen LogP contribution in [0.15, 0.2) is 18.2 Å². The summed E-state index contributed by atoms with van der Waals surface area (Å²) in [5.74, 6) is 0.303. The SMILES string of the molecule is CCC1CCCN(C(=O)Nc2ccc(C)c(F)c2)C1. The molecule has 0 bridgehead atoms.